The molecule has 0 saturated heterocycles. The second-order valence-electron chi connectivity index (χ2n) is 2.25. The SMILES string of the molecule is N#Cc1ssc2c(Cl)c(Cl)c(Cl)c1-2. The van der Waals surface area contributed by atoms with Crippen molar-refractivity contribution in [1.29, 1.82) is 5.26 Å². The largest absolute Gasteiger partial charge is 0.191 e. The van der Waals surface area contributed by atoms with E-state index in [9.17, 15) is 0 Å². The van der Waals surface area contributed by atoms with E-state index < -0.39 is 0 Å². The van der Waals surface area contributed by atoms with Crippen molar-refractivity contribution in [2.24, 2.45) is 0 Å². The van der Waals surface area contributed by atoms with E-state index in [1.165, 1.54) is 20.7 Å². The lowest BCUT2D eigenvalue weighted by molar-refractivity contribution is 1.52. The molecule has 1 aliphatic carbocycles. The molecule has 1 aliphatic heterocycles. The standard InChI is InChI=1S/C7Cl3NS2/c8-4-3-2(1-11)12-13-7(3)6(10)5(4)9. The molecule has 0 N–H and O–H groups in total. The van der Waals surface area contributed by atoms with Crippen molar-refractivity contribution in [3.63, 3.8) is 0 Å². The van der Waals surface area contributed by atoms with Crippen LogP contribution in [-0.4, -0.2) is 0 Å². The van der Waals surface area contributed by atoms with E-state index in [0.717, 1.165) is 4.88 Å². The van der Waals surface area contributed by atoms with Gasteiger partial charge in [0.2, 0.25) is 0 Å². The first kappa shape index (κ1) is 9.57. The Balaban J connectivity index is 2.86. The summed E-state index contributed by atoms with van der Waals surface area (Å²) in [5, 5.41) is 9.95. The van der Waals surface area contributed by atoms with Gasteiger partial charge in [0.25, 0.3) is 0 Å². The Morgan fingerprint density at radius 1 is 1.00 bits per heavy atom. The van der Waals surface area contributed by atoms with Crippen molar-refractivity contribution < 1.29 is 0 Å². The molecule has 0 bridgehead atoms. The van der Waals surface area contributed by atoms with Crippen molar-refractivity contribution in [1.82, 2.24) is 0 Å². The number of nitrogens with zero attached hydrogens (tertiary/aromatic N) is 1. The Labute approximate surface area is 96.8 Å². The quantitative estimate of drug-likeness (QED) is 0.633. The molecule has 0 aromatic carbocycles. The number of rotatable bonds is 0. The Morgan fingerprint density at radius 2 is 1.69 bits per heavy atom. The fraction of sp³-hybridized carbons (Fsp3) is 0. The van der Waals surface area contributed by atoms with E-state index >= 15 is 0 Å². The van der Waals surface area contributed by atoms with Crippen molar-refractivity contribution in [3.8, 4) is 16.5 Å². The molecule has 0 aromatic rings. The molecule has 0 fully saturated rings. The fourth-order valence-electron chi connectivity index (χ4n) is 0.996. The third-order valence-corrected chi connectivity index (χ3v) is 5.38. The van der Waals surface area contributed by atoms with E-state index in [1.807, 2.05) is 0 Å². The first-order chi connectivity index (χ1) is 6.16. The zero-order valence-corrected chi connectivity index (χ0v) is 9.80. The van der Waals surface area contributed by atoms with E-state index in [4.69, 9.17) is 40.1 Å². The molecular weight excluding hydrogens is 269 g/mol. The highest BCUT2D eigenvalue weighted by Gasteiger charge is 2.25. The van der Waals surface area contributed by atoms with Crippen LogP contribution in [-0.2, 0) is 0 Å². The highest BCUT2D eigenvalue weighted by molar-refractivity contribution is 7.71. The van der Waals surface area contributed by atoms with Crippen LogP contribution >= 0.6 is 55.5 Å². The highest BCUT2D eigenvalue weighted by atomic mass is 35.5. The van der Waals surface area contributed by atoms with Gasteiger partial charge in [0.1, 0.15) is 10.9 Å². The Kier molecular flexibility index (Phi) is 2.43. The van der Waals surface area contributed by atoms with E-state index in [0.29, 0.717) is 25.5 Å². The molecule has 13 heavy (non-hydrogen) atoms. The molecule has 0 spiro atoms. The van der Waals surface area contributed by atoms with Crippen LogP contribution in [0.15, 0.2) is 0 Å². The van der Waals surface area contributed by atoms with Gasteiger partial charge in [-0.1, -0.05) is 55.5 Å². The predicted octanol–water partition coefficient (Wildman–Crippen LogP) is 4.75. The summed E-state index contributed by atoms with van der Waals surface area (Å²) in [6, 6.07) is 2.06. The zero-order chi connectivity index (χ0) is 9.59. The summed E-state index contributed by atoms with van der Waals surface area (Å²) in [6.07, 6.45) is 0. The van der Waals surface area contributed by atoms with Gasteiger partial charge in [0.05, 0.1) is 19.9 Å². The average Bonchev–Trinajstić information content (AvgIpc) is 2.64. The van der Waals surface area contributed by atoms with Crippen LogP contribution in [0.1, 0.15) is 4.88 Å². The maximum absolute atomic E-state index is 8.77. The van der Waals surface area contributed by atoms with Crippen molar-refractivity contribution in [2.45, 2.75) is 0 Å². The van der Waals surface area contributed by atoms with Crippen LogP contribution in [0, 0.1) is 11.3 Å². The predicted molar refractivity (Wildman–Crippen MR) is 58.6 cm³/mol. The van der Waals surface area contributed by atoms with Gasteiger partial charge in [0, 0.05) is 5.56 Å². The summed E-state index contributed by atoms with van der Waals surface area (Å²) in [6.45, 7) is 0. The maximum atomic E-state index is 8.77. The summed E-state index contributed by atoms with van der Waals surface area (Å²) in [5.74, 6) is 0. The summed E-state index contributed by atoms with van der Waals surface area (Å²) in [7, 11) is 2.78. The van der Waals surface area contributed by atoms with Gasteiger partial charge in [-0.3, -0.25) is 0 Å². The maximum Gasteiger partial charge on any atom is 0.125 e. The third kappa shape index (κ3) is 1.25. The molecule has 2 aliphatic rings. The smallest absolute Gasteiger partial charge is 0.125 e. The molecule has 2 rings (SSSR count). The molecule has 0 radical (unpaired) electrons. The summed E-state index contributed by atoms with van der Waals surface area (Å²) >= 11 is 17.7. The van der Waals surface area contributed by atoms with Gasteiger partial charge in [-0.25, -0.2) is 0 Å². The minimum Gasteiger partial charge on any atom is -0.191 e. The lowest BCUT2D eigenvalue weighted by Gasteiger charge is -1.87. The number of fused-ring (bicyclic) bond motifs is 1. The van der Waals surface area contributed by atoms with Crippen molar-refractivity contribution in [2.75, 3.05) is 0 Å². The second kappa shape index (κ2) is 3.30. The van der Waals surface area contributed by atoms with Gasteiger partial charge >= 0.3 is 0 Å². The van der Waals surface area contributed by atoms with Gasteiger partial charge in [0.15, 0.2) is 0 Å². The first-order valence-corrected chi connectivity index (χ1v) is 6.40. The van der Waals surface area contributed by atoms with Gasteiger partial charge in [-0.05, 0) is 0 Å². The normalized spacial score (nSPS) is 10.6. The number of halogens is 3. The fourth-order valence-corrected chi connectivity index (χ4v) is 4.51. The molecule has 1 heterocycles. The van der Waals surface area contributed by atoms with Crippen LogP contribution in [0.3, 0.4) is 0 Å². The summed E-state index contributed by atoms with van der Waals surface area (Å²) < 4.78 is 0. The second-order valence-corrected chi connectivity index (χ2v) is 5.54. The minimum absolute atomic E-state index is 0.342. The van der Waals surface area contributed by atoms with E-state index in [2.05, 4.69) is 6.07 Å². The average molecular weight is 269 g/mol. The van der Waals surface area contributed by atoms with Crippen LogP contribution in [0.4, 0.5) is 0 Å². The molecule has 0 saturated carbocycles. The van der Waals surface area contributed by atoms with Gasteiger partial charge in [-0.2, -0.15) is 5.26 Å². The molecule has 6 heteroatoms. The lowest BCUT2D eigenvalue weighted by Crippen LogP contribution is -1.68. The minimum atomic E-state index is 0.342. The molecule has 0 amide bonds. The van der Waals surface area contributed by atoms with Crippen LogP contribution < -0.4 is 0 Å². The zero-order valence-electron chi connectivity index (χ0n) is 5.90. The summed E-state index contributed by atoms with van der Waals surface area (Å²) in [5.41, 5.74) is 0.689. The van der Waals surface area contributed by atoms with Gasteiger partial charge < -0.3 is 0 Å². The molecule has 1 nitrogen and oxygen atoms in total. The topological polar surface area (TPSA) is 23.8 Å². The molecule has 0 unspecified atom stereocenters. The van der Waals surface area contributed by atoms with Crippen LogP contribution in [0.5, 0.6) is 0 Å². The Bertz CT molecular complexity index is 479. The Hall–Kier alpha value is 0.0200. The number of nitriles is 1. The van der Waals surface area contributed by atoms with Crippen molar-refractivity contribution >= 4 is 55.5 Å². The molecule has 66 valence electrons. The highest BCUT2D eigenvalue weighted by Crippen LogP contribution is 2.52. The van der Waals surface area contributed by atoms with Crippen LogP contribution in [0.2, 0.25) is 15.1 Å². The lowest BCUT2D eigenvalue weighted by atomic mass is 10.3. The summed E-state index contributed by atoms with van der Waals surface area (Å²) in [4.78, 5) is 1.37. The Morgan fingerprint density at radius 3 is 2.31 bits per heavy atom. The molecule has 0 aromatic heterocycles. The van der Waals surface area contributed by atoms with Crippen molar-refractivity contribution in [3.05, 3.63) is 19.9 Å². The number of hydrogen-bond donors (Lipinski definition) is 0. The number of hydrogen-bond acceptors (Lipinski definition) is 3. The van der Waals surface area contributed by atoms with Crippen LogP contribution in [0.25, 0.3) is 10.4 Å². The third-order valence-electron chi connectivity index (χ3n) is 1.57. The molecular formula is C7Cl3NS2. The monoisotopic (exact) mass is 267 g/mol. The first-order valence-electron chi connectivity index (χ1n) is 3.12. The molecule has 0 atom stereocenters. The van der Waals surface area contributed by atoms with E-state index in [1.54, 1.807) is 0 Å². The van der Waals surface area contributed by atoms with E-state index in [-0.39, 0.29) is 0 Å². The van der Waals surface area contributed by atoms with Gasteiger partial charge in [-0.15, -0.1) is 0 Å².